The van der Waals surface area contributed by atoms with E-state index in [0.717, 1.165) is 16.5 Å². The number of rotatable bonds is 14. The van der Waals surface area contributed by atoms with E-state index >= 15 is 0 Å². The number of fused-ring (bicyclic) bond motifs is 1. The molecule has 4 atom stereocenters. The van der Waals surface area contributed by atoms with Gasteiger partial charge in [0.15, 0.2) is 0 Å². The van der Waals surface area contributed by atoms with Gasteiger partial charge in [-0.05, 0) is 29.9 Å². The third kappa shape index (κ3) is 8.58. The quantitative estimate of drug-likeness (QED) is 0.185. The van der Waals surface area contributed by atoms with Gasteiger partial charge in [0.25, 0.3) is 0 Å². The van der Waals surface area contributed by atoms with Crippen LogP contribution in [-0.4, -0.2) is 69.0 Å². The van der Waals surface area contributed by atoms with Crippen LogP contribution in [0.2, 0.25) is 0 Å². The molecule has 1 aromatic heterocycles. The number of H-pyrrole nitrogens is 1. The maximum Gasteiger partial charge on any atom is 0.326 e. The van der Waals surface area contributed by atoms with E-state index < -0.39 is 66.2 Å². The molecule has 208 valence electrons. The number of hydrogen-bond acceptors (Lipinski definition) is 6. The first kappa shape index (κ1) is 30.3. The highest BCUT2D eigenvalue weighted by molar-refractivity contribution is 5.95. The van der Waals surface area contributed by atoms with Gasteiger partial charge in [-0.2, -0.15) is 0 Å². The molecule has 0 spiro atoms. The van der Waals surface area contributed by atoms with E-state index in [0.29, 0.717) is 0 Å². The van der Waals surface area contributed by atoms with E-state index in [4.69, 9.17) is 10.8 Å². The van der Waals surface area contributed by atoms with Crippen LogP contribution in [0, 0.1) is 11.8 Å². The smallest absolute Gasteiger partial charge is 0.326 e. The number of benzene rings is 1. The summed E-state index contributed by atoms with van der Waals surface area (Å²) in [6.45, 7) is 7.01. The van der Waals surface area contributed by atoms with Crippen molar-refractivity contribution in [1.29, 1.82) is 0 Å². The molecule has 0 aliphatic heterocycles. The lowest BCUT2D eigenvalue weighted by atomic mass is 9.99. The number of carboxylic acids is 2. The molecule has 1 aromatic carbocycles. The molecule has 1 heterocycles. The Morgan fingerprint density at radius 3 is 2.11 bits per heavy atom. The van der Waals surface area contributed by atoms with Crippen molar-refractivity contribution in [1.82, 2.24) is 20.9 Å². The van der Waals surface area contributed by atoms with Crippen LogP contribution in [-0.2, 0) is 30.4 Å². The molecule has 4 unspecified atom stereocenters. The fourth-order valence-corrected chi connectivity index (χ4v) is 4.03. The minimum absolute atomic E-state index is 0.00592. The molecular formula is C26H37N5O7. The van der Waals surface area contributed by atoms with E-state index in [9.17, 15) is 29.1 Å². The summed E-state index contributed by atoms with van der Waals surface area (Å²) < 4.78 is 0. The third-order valence-corrected chi connectivity index (χ3v) is 6.03. The van der Waals surface area contributed by atoms with Gasteiger partial charge in [0.1, 0.15) is 18.1 Å². The average molecular weight is 532 g/mol. The highest BCUT2D eigenvalue weighted by Crippen LogP contribution is 2.19. The highest BCUT2D eigenvalue weighted by atomic mass is 16.4. The molecule has 0 saturated carbocycles. The van der Waals surface area contributed by atoms with Gasteiger partial charge in [0.2, 0.25) is 17.7 Å². The van der Waals surface area contributed by atoms with Gasteiger partial charge < -0.3 is 36.9 Å². The lowest BCUT2D eigenvalue weighted by Crippen LogP contribution is -2.59. The number of aliphatic carboxylic acids is 2. The number of aromatic nitrogens is 1. The summed E-state index contributed by atoms with van der Waals surface area (Å²) in [6, 6.07) is 2.61. The van der Waals surface area contributed by atoms with Crippen molar-refractivity contribution < 1.29 is 34.2 Å². The van der Waals surface area contributed by atoms with Crippen LogP contribution in [0.4, 0.5) is 0 Å². The minimum atomic E-state index is -1.36. The Kier molecular flexibility index (Phi) is 10.8. The molecule has 38 heavy (non-hydrogen) atoms. The number of nitrogens with one attached hydrogen (secondary N) is 4. The van der Waals surface area contributed by atoms with Gasteiger partial charge in [0.05, 0.1) is 12.5 Å². The van der Waals surface area contributed by atoms with Crippen molar-refractivity contribution >= 4 is 40.6 Å². The Morgan fingerprint density at radius 2 is 1.53 bits per heavy atom. The molecule has 2 rings (SSSR count). The summed E-state index contributed by atoms with van der Waals surface area (Å²) in [5.74, 6) is -5.08. The summed E-state index contributed by atoms with van der Waals surface area (Å²) in [7, 11) is 0. The molecule has 12 heteroatoms. The van der Waals surface area contributed by atoms with Crippen molar-refractivity contribution in [3.05, 3.63) is 36.0 Å². The molecule has 0 fully saturated rings. The third-order valence-electron chi connectivity index (χ3n) is 6.03. The first-order valence-corrected chi connectivity index (χ1v) is 12.5. The van der Waals surface area contributed by atoms with Crippen LogP contribution >= 0.6 is 0 Å². The molecule has 3 amide bonds. The molecule has 2 aromatic rings. The van der Waals surface area contributed by atoms with Crippen molar-refractivity contribution in [3.8, 4) is 0 Å². The zero-order valence-electron chi connectivity index (χ0n) is 22.0. The maximum atomic E-state index is 13.3. The Bertz CT molecular complexity index is 1160. The lowest BCUT2D eigenvalue weighted by molar-refractivity contribution is -0.142. The summed E-state index contributed by atoms with van der Waals surface area (Å²) in [6.07, 6.45) is 1.34. The van der Waals surface area contributed by atoms with Gasteiger partial charge in [-0.25, -0.2) is 4.79 Å². The normalized spacial score (nSPS) is 14.5. The first-order chi connectivity index (χ1) is 17.8. The number of para-hydroxylation sites is 1. The Labute approximate surface area is 220 Å². The minimum Gasteiger partial charge on any atom is -0.481 e. The maximum absolute atomic E-state index is 13.3. The molecule has 0 aliphatic carbocycles. The number of amides is 3. The van der Waals surface area contributed by atoms with Crippen molar-refractivity contribution in [2.75, 3.05) is 0 Å². The Hall–Kier alpha value is -3.93. The molecular weight excluding hydrogens is 494 g/mol. The first-order valence-electron chi connectivity index (χ1n) is 12.5. The number of hydrogen-bond donors (Lipinski definition) is 7. The summed E-state index contributed by atoms with van der Waals surface area (Å²) in [5.41, 5.74) is 7.19. The predicted octanol–water partition coefficient (Wildman–Crippen LogP) is 0.754. The molecule has 0 radical (unpaired) electrons. The fourth-order valence-electron chi connectivity index (χ4n) is 4.03. The van der Waals surface area contributed by atoms with Crippen molar-refractivity contribution in [3.63, 3.8) is 0 Å². The summed E-state index contributed by atoms with van der Waals surface area (Å²) in [4.78, 5) is 64.8. The average Bonchev–Trinajstić information content (AvgIpc) is 3.23. The van der Waals surface area contributed by atoms with Crippen LogP contribution in [0.3, 0.4) is 0 Å². The van der Waals surface area contributed by atoms with Crippen molar-refractivity contribution in [2.24, 2.45) is 17.6 Å². The highest BCUT2D eigenvalue weighted by Gasteiger charge is 2.32. The zero-order valence-corrected chi connectivity index (χ0v) is 22.0. The number of carboxylic acid groups (broad SMARTS) is 2. The van der Waals surface area contributed by atoms with Crippen LogP contribution in [0.5, 0.6) is 0 Å². The number of carbonyl (C=O) groups is 5. The van der Waals surface area contributed by atoms with Gasteiger partial charge in [-0.1, -0.05) is 45.9 Å². The molecule has 0 saturated heterocycles. The number of aromatic amines is 1. The largest absolute Gasteiger partial charge is 0.481 e. The van der Waals surface area contributed by atoms with E-state index in [1.54, 1.807) is 20.0 Å². The molecule has 12 nitrogen and oxygen atoms in total. The number of nitrogens with two attached hydrogens (primary N) is 1. The monoisotopic (exact) mass is 531 g/mol. The van der Waals surface area contributed by atoms with E-state index in [1.165, 1.54) is 0 Å². The number of carbonyl (C=O) groups excluding carboxylic acids is 3. The van der Waals surface area contributed by atoms with Gasteiger partial charge in [-0.15, -0.1) is 0 Å². The zero-order chi connectivity index (χ0) is 28.6. The van der Waals surface area contributed by atoms with Gasteiger partial charge in [0, 0.05) is 23.5 Å². The van der Waals surface area contributed by atoms with Gasteiger partial charge in [-0.3, -0.25) is 19.2 Å². The summed E-state index contributed by atoms with van der Waals surface area (Å²) in [5, 5.41) is 27.0. The molecule has 0 bridgehead atoms. The fraction of sp³-hybridized carbons (Fsp3) is 0.500. The van der Waals surface area contributed by atoms with Crippen LogP contribution in [0.1, 0.15) is 46.1 Å². The van der Waals surface area contributed by atoms with Crippen LogP contribution in [0.25, 0.3) is 10.9 Å². The topological polar surface area (TPSA) is 204 Å². The molecule has 0 aliphatic rings. The van der Waals surface area contributed by atoms with Crippen LogP contribution in [0.15, 0.2) is 30.5 Å². The SMILES string of the molecule is CC(C)CC(NC(=O)C(Cc1c[nH]c2ccccc12)NC(=O)C(NC(=O)C(N)CC(=O)O)C(C)C)C(=O)O. The second-order valence-electron chi connectivity index (χ2n) is 10.1. The Morgan fingerprint density at radius 1 is 0.895 bits per heavy atom. The summed E-state index contributed by atoms with van der Waals surface area (Å²) >= 11 is 0. The van der Waals surface area contributed by atoms with Crippen LogP contribution < -0.4 is 21.7 Å². The van der Waals surface area contributed by atoms with E-state index in [-0.39, 0.29) is 18.8 Å². The van der Waals surface area contributed by atoms with E-state index in [1.807, 2.05) is 38.1 Å². The van der Waals surface area contributed by atoms with Crippen molar-refractivity contribution in [2.45, 2.75) is 71.1 Å². The molecule has 8 N–H and O–H groups in total. The second kappa shape index (κ2) is 13.6. The lowest BCUT2D eigenvalue weighted by Gasteiger charge is -2.27. The van der Waals surface area contributed by atoms with E-state index in [2.05, 4.69) is 20.9 Å². The second-order valence-corrected chi connectivity index (χ2v) is 10.1. The van der Waals surface area contributed by atoms with Gasteiger partial charge >= 0.3 is 11.9 Å². The standard InChI is InChI=1S/C26H37N5O7/c1-13(2)9-20(26(37)38)30-24(35)19(10-15-12-28-18-8-6-5-7-16(15)18)29-25(36)22(14(3)4)31-23(34)17(27)11-21(32)33/h5-8,12-14,17,19-20,22,28H,9-11,27H2,1-4H3,(H,29,36)(H,30,35)(H,31,34)(H,32,33)(H,37,38). The Balaban J connectivity index is 2.31. The predicted molar refractivity (Wildman–Crippen MR) is 140 cm³/mol.